The van der Waals surface area contributed by atoms with Crippen LogP contribution in [0.5, 0.6) is 0 Å². The fourth-order valence-electron chi connectivity index (χ4n) is 1.35. The first-order valence-corrected chi connectivity index (χ1v) is 5.55. The molecule has 0 N–H and O–H groups in total. The molecule has 1 aromatic rings. The van der Waals surface area contributed by atoms with Gasteiger partial charge in [-0.1, -0.05) is 11.6 Å². The number of ether oxygens (including phenoxy) is 1. The number of rotatable bonds is 5. The van der Waals surface area contributed by atoms with E-state index in [1.54, 1.807) is 12.1 Å². The summed E-state index contributed by atoms with van der Waals surface area (Å²) in [5.74, 6) is 0. The Morgan fingerprint density at radius 1 is 1.50 bits per heavy atom. The zero-order chi connectivity index (χ0) is 12.0. The minimum Gasteiger partial charge on any atom is -0.380 e. The van der Waals surface area contributed by atoms with Crippen LogP contribution in [0.25, 0.3) is 0 Å². The van der Waals surface area contributed by atoms with E-state index in [2.05, 4.69) is 6.07 Å². The lowest BCUT2D eigenvalue weighted by Crippen LogP contribution is -2.22. The van der Waals surface area contributed by atoms with Gasteiger partial charge in [-0.05, 0) is 25.1 Å². The Morgan fingerprint density at radius 2 is 2.25 bits per heavy atom. The van der Waals surface area contributed by atoms with Gasteiger partial charge in [-0.25, -0.2) is 0 Å². The minimum atomic E-state index is 0.576. The van der Waals surface area contributed by atoms with Crippen molar-refractivity contribution in [3.05, 3.63) is 28.8 Å². The predicted molar refractivity (Wildman–Crippen MR) is 65.9 cm³/mol. The Kier molecular flexibility index (Phi) is 5.10. The van der Waals surface area contributed by atoms with Gasteiger partial charge in [-0.2, -0.15) is 5.26 Å². The summed E-state index contributed by atoms with van der Waals surface area (Å²) in [6.45, 7) is 4.13. The molecule has 0 unspecified atom stereocenters. The van der Waals surface area contributed by atoms with E-state index in [9.17, 15) is 0 Å². The van der Waals surface area contributed by atoms with Crippen molar-refractivity contribution in [3.8, 4) is 6.07 Å². The van der Waals surface area contributed by atoms with Crippen LogP contribution < -0.4 is 4.90 Å². The molecule has 0 spiro atoms. The topological polar surface area (TPSA) is 36.3 Å². The van der Waals surface area contributed by atoms with Gasteiger partial charge in [0.25, 0.3) is 0 Å². The predicted octanol–water partition coefficient (Wildman–Crippen LogP) is 2.68. The minimum absolute atomic E-state index is 0.576. The molecule has 0 aliphatic rings. The molecule has 16 heavy (non-hydrogen) atoms. The number of halogens is 1. The lowest BCUT2D eigenvalue weighted by molar-refractivity contribution is 0.154. The molecular weight excluding hydrogens is 224 g/mol. The zero-order valence-corrected chi connectivity index (χ0v) is 10.3. The molecule has 0 aliphatic carbocycles. The first-order valence-electron chi connectivity index (χ1n) is 5.17. The van der Waals surface area contributed by atoms with Gasteiger partial charge in [0, 0.05) is 20.2 Å². The van der Waals surface area contributed by atoms with Gasteiger partial charge in [-0.3, -0.25) is 0 Å². The van der Waals surface area contributed by atoms with Crippen molar-refractivity contribution in [2.24, 2.45) is 0 Å². The quantitative estimate of drug-likeness (QED) is 0.740. The van der Waals surface area contributed by atoms with Crippen molar-refractivity contribution in [2.45, 2.75) is 6.92 Å². The highest BCUT2D eigenvalue weighted by Crippen LogP contribution is 2.25. The molecule has 0 radical (unpaired) electrons. The van der Waals surface area contributed by atoms with Crippen molar-refractivity contribution < 1.29 is 4.74 Å². The summed E-state index contributed by atoms with van der Waals surface area (Å²) < 4.78 is 5.27. The van der Waals surface area contributed by atoms with Crippen LogP contribution in [0.4, 0.5) is 5.69 Å². The average molecular weight is 239 g/mol. The molecule has 86 valence electrons. The average Bonchev–Trinajstić information content (AvgIpc) is 2.29. The highest BCUT2D eigenvalue weighted by molar-refractivity contribution is 6.33. The standard InChI is InChI=1S/C12H15ClN2O/c1-3-16-7-6-15(2)12-5-4-10(9-14)8-11(12)13/h4-5,8H,3,6-7H2,1-2H3. The monoisotopic (exact) mass is 238 g/mol. The fourth-order valence-corrected chi connectivity index (χ4v) is 1.68. The van der Waals surface area contributed by atoms with E-state index in [0.717, 1.165) is 18.8 Å². The summed E-state index contributed by atoms with van der Waals surface area (Å²) in [5, 5.41) is 9.32. The first kappa shape index (κ1) is 12.8. The van der Waals surface area contributed by atoms with E-state index < -0.39 is 0 Å². The third-order valence-electron chi connectivity index (χ3n) is 2.26. The maximum atomic E-state index is 8.72. The van der Waals surface area contributed by atoms with Gasteiger partial charge in [0.1, 0.15) is 0 Å². The van der Waals surface area contributed by atoms with Crippen molar-refractivity contribution >= 4 is 17.3 Å². The molecule has 0 atom stereocenters. The van der Waals surface area contributed by atoms with Crippen LogP contribution in [-0.4, -0.2) is 26.8 Å². The Morgan fingerprint density at radius 3 is 2.81 bits per heavy atom. The molecule has 0 saturated carbocycles. The Hall–Kier alpha value is -1.24. The summed E-state index contributed by atoms with van der Waals surface area (Å²) in [7, 11) is 1.95. The highest BCUT2D eigenvalue weighted by atomic mass is 35.5. The number of nitrogens with zero attached hydrogens (tertiary/aromatic N) is 2. The fraction of sp³-hybridized carbons (Fsp3) is 0.417. The van der Waals surface area contributed by atoms with E-state index in [1.807, 2.05) is 24.9 Å². The molecule has 0 amide bonds. The van der Waals surface area contributed by atoms with Gasteiger partial charge < -0.3 is 9.64 Å². The van der Waals surface area contributed by atoms with Crippen molar-refractivity contribution in [1.82, 2.24) is 0 Å². The smallest absolute Gasteiger partial charge is 0.0992 e. The summed E-state index contributed by atoms with van der Waals surface area (Å²) in [5.41, 5.74) is 1.49. The Labute approximate surface area is 101 Å². The van der Waals surface area contributed by atoms with Gasteiger partial charge in [-0.15, -0.1) is 0 Å². The number of likely N-dealkylation sites (N-methyl/N-ethyl adjacent to an activating group) is 1. The van der Waals surface area contributed by atoms with Crippen LogP contribution in [0, 0.1) is 11.3 Å². The van der Waals surface area contributed by atoms with E-state index in [4.69, 9.17) is 21.6 Å². The van der Waals surface area contributed by atoms with Crippen LogP contribution in [0.3, 0.4) is 0 Å². The van der Waals surface area contributed by atoms with Crippen molar-refractivity contribution in [2.75, 3.05) is 31.7 Å². The number of nitriles is 1. The Bertz CT molecular complexity index is 387. The number of anilines is 1. The molecular formula is C12H15ClN2O. The summed E-state index contributed by atoms with van der Waals surface area (Å²) in [6, 6.07) is 7.35. The summed E-state index contributed by atoms with van der Waals surface area (Å²) in [4.78, 5) is 2.01. The van der Waals surface area contributed by atoms with E-state index in [-0.39, 0.29) is 0 Å². The van der Waals surface area contributed by atoms with Crippen molar-refractivity contribution in [3.63, 3.8) is 0 Å². The lowest BCUT2D eigenvalue weighted by Gasteiger charge is -2.20. The molecule has 0 aliphatic heterocycles. The van der Waals surface area contributed by atoms with Gasteiger partial charge in [0.15, 0.2) is 0 Å². The molecule has 0 heterocycles. The second-order valence-electron chi connectivity index (χ2n) is 3.40. The number of hydrogen-bond acceptors (Lipinski definition) is 3. The molecule has 0 aromatic heterocycles. The molecule has 1 rings (SSSR count). The normalized spacial score (nSPS) is 9.88. The molecule has 0 bridgehead atoms. The maximum Gasteiger partial charge on any atom is 0.0992 e. The number of benzene rings is 1. The third-order valence-corrected chi connectivity index (χ3v) is 2.57. The first-order chi connectivity index (χ1) is 7.69. The Balaban J connectivity index is 2.69. The van der Waals surface area contributed by atoms with Gasteiger partial charge in [0.2, 0.25) is 0 Å². The number of hydrogen-bond donors (Lipinski definition) is 0. The highest BCUT2D eigenvalue weighted by Gasteiger charge is 2.06. The molecule has 0 fully saturated rings. The second kappa shape index (κ2) is 6.37. The third kappa shape index (κ3) is 3.41. The zero-order valence-electron chi connectivity index (χ0n) is 9.53. The van der Waals surface area contributed by atoms with Gasteiger partial charge in [0.05, 0.1) is 28.9 Å². The van der Waals surface area contributed by atoms with Gasteiger partial charge >= 0.3 is 0 Å². The van der Waals surface area contributed by atoms with E-state index in [1.165, 1.54) is 0 Å². The van der Waals surface area contributed by atoms with Crippen LogP contribution in [0.2, 0.25) is 5.02 Å². The van der Waals surface area contributed by atoms with Crippen molar-refractivity contribution in [1.29, 1.82) is 5.26 Å². The summed E-state index contributed by atoms with van der Waals surface area (Å²) in [6.07, 6.45) is 0. The SMILES string of the molecule is CCOCCN(C)c1ccc(C#N)cc1Cl. The molecule has 3 nitrogen and oxygen atoms in total. The van der Waals surface area contributed by atoms with Crippen LogP contribution >= 0.6 is 11.6 Å². The summed E-state index contributed by atoms with van der Waals surface area (Å²) >= 11 is 6.08. The molecule has 1 aromatic carbocycles. The maximum absolute atomic E-state index is 8.72. The van der Waals surface area contributed by atoms with E-state index >= 15 is 0 Å². The second-order valence-corrected chi connectivity index (χ2v) is 3.80. The van der Waals surface area contributed by atoms with Crippen LogP contribution in [0.15, 0.2) is 18.2 Å². The largest absolute Gasteiger partial charge is 0.380 e. The molecule has 0 saturated heterocycles. The molecule has 4 heteroatoms. The lowest BCUT2D eigenvalue weighted by atomic mass is 10.2. The van der Waals surface area contributed by atoms with Crippen LogP contribution in [-0.2, 0) is 4.74 Å². The van der Waals surface area contributed by atoms with E-state index in [0.29, 0.717) is 17.2 Å². The van der Waals surface area contributed by atoms with Crippen LogP contribution in [0.1, 0.15) is 12.5 Å².